The molecule has 2 heteroatoms. The van der Waals surface area contributed by atoms with E-state index in [-0.39, 0.29) is 0 Å². The highest BCUT2D eigenvalue weighted by Gasteiger charge is 2.21. The number of nitriles is 1. The normalized spacial score (nSPS) is 11.4. The fourth-order valence-electron chi connectivity index (χ4n) is 3.69. The van der Waals surface area contributed by atoms with Crippen LogP contribution in [0.2, 0.25) is 0 Å². The van der Waals surface area contributed by atoms with Crippen molar-refractivity contribution in [3.05, 3.63) is 78.4 Å². The van der Waals surface area contributed by atoms with Crippen molar-refractivity contribution in [3.8, 4) is 17.2 Å². The maximum Gasteiger partial charge on any atom is 0.102 e. The molecule has 0 bridgehead atoms. The highest BCUT2D eigenvalue weighted by molar-refractivity contribution is 6.15. The average molecular weight is 292 g/mol. The van der Waals surface area contributed by atoms with Gasteiger partial charge < -0.3 is 4.40 Å². The Hall–Kier alpha value is -3.31. The number of benzene rings is 2. The molecule has 5 rings (SSSR count). The Morgan fingerprint density at radius 3 is 2.17 bits per heavy atom. The van der Waals surface area contributed by atoms with E-state index in [4.69, 9.17) is 0 Å². The summed E-state index contributed by atoms with van der Waals surface area (Å²) in [6.07, 6.45) is 0. The first-order chi connectivity index (χ1) is 11.4. The summed E-state index contributed by atoms with van der Waals surface area (Å²) in [5, 5.41) is 12.2. The van der Waals surface area contributed by atoms with E-state index in [1.165, 1.54) is 5.39 Å². The molecule has 3 aromatic heterocycles. The molecule has 0 aliphatic heterocycles. The maximum absolute atomic E-state index is 9.88. The maximum atomic E-state index is 9.88. The average Bonchev–Trinajstić information content (AvgIpc) is 3.13. The monoisotopic (exact) mass is 292 g/mol. The summed E-state index contributed by atoms with van der Waals surface area (Å²) in [6, 6.07) is 27.2. The van der Waals surface area contributed by atoms with Crippen LogP contribution in [0.15, 0.2) is 72.8 Å². The lowest BCUT2D eigenvalue weighted by Crippen LogP contribution is -1.83. The SMILES string of the molecule is N#Cc1c(-c2ccccc2)c2cccc3c4ccccc4c1n23. The van der Waals surface area contributed by atoms with Gasteiger partial charge in [0.15, 0.2) is 0 Å². The predicted octanol–water partition coefficient (Wildman–Crippen LogP) is 5.22. The van der Waals surface area contributed by atoms with E-state index >= 15 is 0 Å². The van der Waals surface area contributed by atoms with Crippen molar-refractivity contribution in [2.45, 2.75) is 0 Å². The van der Waals surface area contributed by atoms with Gasteiger partial charge in [0.1, 0.15) is 6.07 Å². The zero-order valence-corrected chi connectivity index (χ0v) is 12.3. The zero-order chi connectivity index (χ0) is 15.4. The van der Waals surface area contributed by atoms with Crippen LogP contribution < -0.4 is 0 Å². The van der Waals surface area contributed by atoms with Gasteiger partial charge in [-0.3, -0.25) is 0 Å². The molecule has 0 spiro atoms. The molecule has 0 radical (unpaired) electrons. The number of hydrogen-bond donors (Lipinski definition) is 0. The van der Waals surface area contributed by atoms with E-state index in [9.17, 15) is 5.26 Å². The number of aromatic nitrogens is 1. The highest BCUT2D eigenvalue weighted by Crippen LogP contribution is 2.40. The molecule has 0 amide bonds. The van der Waals surface area contributed by atoms with E-state index in [1.807, 2.05) is 30.3 Å². The molecule has 0 saturated heterocycles. The Balaban J connectivity index is 2.11. The molecule has 0 atom stereocenters. The van der Waals surface area contributed by atoms with Crippen LogP contribution in [0.3, 0.4) is 0 Å². The lowest BCUT2D eigenvalue weighted by Gasteiger charge is -2.02. The van der Waals surface area contributed by atoms with Crippen LogP contribution in [0.4, 0.5) is 0 Å². The molecule has 2 nitrogen and oxygen atoms in total. The molecule has 23 heavy (non-hydrogen) atoms. The Kier molecular flexibility index (Phi) is 2.32. The van der Waals surface area contributed by atoms with Crippen molar-refractivity contribution in [2.75, 3.05) is 0 Å². The summed E-state index contributed by atoms with van der Waals surface area (Å²) >= 11 is 0. The molecule has 0 N–H and O–H groups in total. The van der Waals surface area contributed by atoms with Crippen molar-refractivity contribution in [2.24, 2.45) is 0 Å². The molecule has 5 aromatic rings. The molecule has 0 fully saturated rings. The van der Waals surface area contributed by atoms with Gasteiger partial charge in [-0.1, -0.05) is 60.7 Å². The fraction of sp³-hybridized carbons (Fsp3) is 0. The highest BCUT2D eigenvalue weighted by atomic mass is 14.9. The molecule has 0 aliphatic rings. The first-order valence-electron chi connectivity index (χ1n) is 7.63. The molecule has 0 unspecified atom stereocenters. The molecular formula is C21H12N2. The van der Waals surface area contributed by atoms with E-state index in [2.05, 4.69) is 52.9 Å². The minimum absolute atomic E-state index is 0.758. The number of fused-ring (bicyclic) bond motifs is 3. The minimum atomic E-state index is 0.758. The zero-order valence-electron chi connectivity index (χ0n) is 12.3. The van der Waals surface area contributed by atoms with E-state index in [0.29, 0.717) is 0 Å². The summed E-state index contributed by atoms with van der Waals surface area (Å²) in [4.78, 5) is 0. The van der Waals surface area contributed by atoms with Crippen LogP contribution in [0.25, 0.3) is 38.4 Å². The minimum Gasteiger partial charge on any atom is -0.307 e. The summed E-state index contributed by atoms with van der Waals surface area (Å²) < 4.78 is 2.23. The van der Waals surface area contributed by atoms with Crippen molar-refractivity contribution in [1.82, 2.24) is 4.40 Å². The largest absolute Gasteiger partial charge is 0.307 e. The van der Waals surface area contributed by atoms with Gasteiger partial charge in [0.05, 0.1) is 22.1 Å². The molecular weight excluding hydrogens is 280 g/mol. The summed E-state index contributed by atoms with van der Waals surface area (Å²) in [5.41, 5.74) is 6.15. The van der Waals surface area contributed by atoms with Crippen LogP contribution in [0.1, 0.15) is 5.56 Å². The van der Waals surface area contributed by atoms with Crippen LogP contribution in [0.5, 0.6) is 0 Å². The topological polar surface area (TPSA) is 28.2 Å². The van der Waals surface area contributed by atoms with Crippen LogP contribution in [0, 0.1) is 11.3 Å². The third-order valence-electron chi connectivity index (χ3n) is 4.59. The summed E-state index contributed by atoms with van der Waals surface area (Å²) in [5.74, 6) is 0. The Morgan fingerprint density at radius 2 is 1.39 bits per heavy atom. The molecule has 0 saturated carbocycles. The number of hydrogen-bond acceptors (Lipinski definition) is 1. The number of rotatable bonds is 1. The third kappa shape index (κ3) is 1.46. The van der Waals surface area contributed by atoms with Gasteiger partial charge in [-0.15, -0.1) is 0 Å². The van der Waals surface area contributed by atoms with Crippen molar-refractivity contribution in [3.63, 3.8) is 0 Å². The molecule has 3 heterocycles. The van der Waals surface area contributed by atoms with Gasteiger partial charge in [-0.05, 0) is 17.7 Å². The van der Waals surface area contributed by atoms with Crippen molar-refractivity contribution in [1.29, 1.82) is 5.26 Å². The quantitative estimate of drug-likeness (QED) is 0.416. The first-order valence-corrected chi connectivity index (χ1v) is 7.63. The lowest BCUT2D eigenvalue weighted by molar-refractivity contribution is 1.35. The van der Waals surface area contributed by atoms with Gasteiger partial charge in [0.25, 0.3) is 0 Å². The fourth-order valence-corrected chi connectivity index (χ4v) is 3.69. The van der Waals surface area contributed by atoms with E-state index in [1.54, 1.807) is 0 Å². The van der Waals surface area contributed by atoms with Gasteiger partial charge >= 0.3 is 0 Å². The second kappa shape index (κ2) is 4.34. The Morgan fingerprint density at radius 1 is 0.696 bits per heavy atom. The van der Waals surface area contributed by atoms with Gasteiger partial charge in [0.2, 0.25) is 0 Å². The lowest BCUT2D eigenvalue weighted by atomic mass is 10.0. The van der Waals surface area contributed by atoms with Crippen LogP contribution in [-0.2, 0) is 0 Å². The standard InChI is InChI=1S/C21H12N2/c22-13-17-20(14-7-2-1-3-8-14)19-12-6-11-18-15-9-4-5-10-16(15)21(17)23(18)19/h1-12H. The smallest absolute Gasteiger partial charge is 0.102 e. The van der Waals surface area contributed by atoms with Gasteiger partial charge in [-0.25, -0.2) is 0 Å². The second-order valence-corrected chi connectivity index (χ2v) is 5.75. The third-order valence-corrected chi connectivity index (χ3v) is 4.59. The van der Waals surface area contributed by atoms with Crippen molar-refractivity contribution >= 4 is 27.3 Å². The molecule has 0 aliphatic carbocycles. The Bertz CT molecular complexity index is 1210. The number of pyridine rings is 1. The van der Waals surface area contributed by atoms with Crippen LogP contribution in [-0.4, -0.2) is 4.40 Å². The molecule has 106 valence electrons. The molecule has 2 aromatic carbocycles. The van der Waals surface area contributed by atoms with Crippen LogP contribution >= 0.6 is 0 Å². The van der Waals surface area contributed by atoms with E-state index in [0.717, 1.165) is 38.6 Å². The van der Waals surface area contributed by atoms with E-state index < -0.39 is 0 Å². The first kappa shape index (κ1) is 12.3. The van der Waals surface area contributed by atoms with Crippen molar-refractivity contribution < 1.29 is 0 Å². The second-order valence-electron chi connectivity index (χ2n) is 5.75. The van der Waals surface area contributed by atoms with Gasteiger partial charge in [0, 0.05) is 16.3 Å². The van der Waals surface area contributed by atoms with Gasteiger partial charge in [-0.2, -0.15) is 5.26 Å². The summed E-state index contributed by atoms with van der Waals surface area (Å²) in [6.45, 7) is 0. The predicted molar refractivity (Wildman–Crippen MR) is 93.7 cm³/mol. The number of nitrogens with zero attached hydrogens (tertiary/aromatic N) is 2. The summed E-state index contributed by atoms with van der Waals surface area (Å²) in [7, 11) is 0. The Labute approximate surface area is 133 Å².